The van der Waals surface area contributed by atoms with Crippen LogP contribution in [0.3, 0.4) is 0 Å². The van der Waals surface area contributed by atoms with E-state index in [0.29, 0.717) is 17.1 Å². The van der Waals surface area contributed by atoms with Crippen LogP contribution in [0.5, 0.6) is 5.75 Å². The average Bonchev–Trinajstić information content (AvgIpc) is 2.69. The molecule has 2 N–H and O–H groups in total. The monoisotopic (exact) mass is 373 g/mol. The maximum atomic E-state index is 12.8. The van der Waals surface area contributed by atoms with Gasteiger partial charge in [-0.3, -0.25) is 4.90 Å². The van der Waals surface area contributed by atoms with Crippen molar-refractivity contribution in [3.63, 3.8) is 0 Å². The molecule has 2 rings (SSSR count). The topological polar surface area (TPSA) is 89.1 Å². The van der Waals surface area contributed by atoms with Crippen LogP contribution in [-0.4, -0.2) is 46.2 Å². The first-order valence-electron chi connectivity index (χ1n) is 8.26. The fraction of sp³-hybridized carbons (Fsp3) is 0.263. The summed E-state index contributed by atoms with van der Waals surface area (Å²) >= 11 is 0. The van der Waals surface area contributed by atoms with Crippen LogP contribution in [0.2, 0.25) is 0 Å². The molecule has 0 spiro atoms. The molecular weight excluding hydrogens is 350 g/mol. The van der Waals surface area contributed by atoms with Crippen molar-refractivity contribution < 1.29 is 23.8 Å². The van der Waals surface area contributed by atoms with Gasteiger partial charge in [-0.1, -0.05) is 24.3 Å². The summed E-state index contributed by atoms with van der Waals surface area (Å²) in [5.74, 6) is 0.293. The van der Waals surface area contributed by atoms with Gasteiger partial charge in [-0.15, -0.1) is 0 Å². The molecule has 0 bridgehead atoms. The summed E-state index contributed by atoms with van der Waals surface area (Å²) in [4.78, 5) is 25.6. The van der Waals surface area contributed by atoms with Gasteiger partial charge in [0.15, 0.2) is 6.29 Å². The predicted octanol–water partition coefficient (Wildman–Crippen LogP) is 3.06. The smallest absolute Gasteiger partial charge is 0.410 e. The molecule has 0 heterocycles. The lowest BCUT2D eigenvalue weighted by atomic mass is 10.3. The van der Waals surface area contributed by atoms with Gasteiger partial charge in [-0.2, -0.15) is 0 Å². The molecule has 0 saturated carbocycles. The summed E-state index contributed by atoms with van der Waals surface area (Å²) in [5, 5.41) is 5.08. The largest absolute Gasteiger partial charge is 0.419 e. The molecule has 3 amide bonds. The molecule has 0 atom stereocenters. The van der Waals surface area contributed by atoms with Crippen molar-refractivity contribution in [3.8, 4) is 5.75 Å². The first kappa shape index (κ1) is 20.2. The molecule has 8 nitrogen and oxygen atoms in total. The number of carbonyl (C=O) groups is 2. The second kappa shape index (κ2) is 10.1. The van der Waals surface area contributed by atoms with Crippen LogP contribution >= 0.6 is 0 Å². The molecule has 27 heavy (non-hydrogen) atoms. The van der Waals surface area contributed by atoms with Crippen LogP contribution in [0.15, 0.2) is 54.6 Å². The zero-order valence-electron chi connectivity index (χ0n) is 15.5. The second-order valence-corrected chi connectivity index (χ2v) is 5.45. The number of carbonyl (C=O) groups excluding carboxylic acids is 2. The lowest BCUT2D eigenvalue weighted by Gasteiger charge is -2.25. The van der Waals surface area contributed by atoms with E-state index >= 15 is 0 Å². The van der Waals surface area contributed by atoms with E-state index in [-0.39, 0.29) is 12.6 Å². The molecule has 144 valence electrons. The van der Waals surface area contributed by atoms with Gasteiger partial charge in [0.1, 0.15) is 5.75 Å². The summed E-state index contributed by atoms with van der Waals surface area (Å²) in [7, 11) is 4.51. The van der Waals surface area contributed by atoms with Gasteiger partial charge >= 0.3 is 12.1 Å². The number of methoxy groups -OCH3 is 2. The van der Waals surface area contributed by atoms with Crippen molar-refractivity contribution in [2.45, 2.75) is 6.29 Å². The summed E-state index contributed by atoms with van der Waals surface area (Å²) in [6, 6.07) is 15.2. The fourth-order valence-corrected chi connectivity index (χ4v) is 2.27. The van der Waals surface area contributed by atoms with Gasteiger partial charge in [-0.05, 0) is 24.3 Å². The number of para-hydroxylation sites is 1. The Bertz CT molecular complexity index is 750. The van der Waals surface area contributed by atoms with Gasteiger partial charge in [0.25, 0.3) is 0 Å². The van der Waals surface area contributed by atoms with Crippen molar-refractivity contribution in [2.24, 2.45) is 0 Å². The van der Waals surface area contributed by atoms with Crippen LogP contribution in [-0.2, 0) is 9.47 Å². The number of anilines is 2. The summed E-state index contributed by atoms with van der Waals surface area (Å²) in [6.45, 7) is 0.145. The van der Waals surface area contributed by atoms with Gasteiger partial charge in [-0.25, -0.2) is 9.59 Å². The molecule has 2 aromatic carbocycles. The van der Waals surface area contributed by atoms with Gasteiger partial charge in [0.2, 0.25) is 0 Å². The van der Waals surface area contributed by atoms with Crippen molar-refractivity contribution >= 4 is 23.5 Å². The number of nitrogens with zero attached hydrogens (tertiary/aromatic N) is 1. The zero-order valence-corrected chi connectivity index (χ0v) is 15.5. The number of hydrogen-bond acceptors (Lipinski definition) is 5. The number of rotatable bonds is 7. The van der Waals surface area contributed by atoms with E-state index in [0.717, 1.165) is 0 Å². The second-order valence-electron chi connectivity index (χ2n) is 5.45. The highest BCUT2D eigenvalue weighted by molar-refractivity contribution is 5.91. The van der Waals surface area contributed by atoms with E-state index < -0.39 is 12.4 Å². The highest BCUT2D eigenvalue weighted by Gasteiger charge is 2.22. The molecule has 0 radical (unpaired) electrons. The molecule has 0 aliphatic rings. The number of hydrogen-bond donors (Lipinski definition) is 2. The molecule has 0 fully saturated rings. The van der Waals surface area contributed by atoms with E-state index in [1.165, 1.54) is 26.2 Å². The third-order valence-corrected chi connectivity index (χ3v) is 3.67. The summed E-state index contributed by atoms with van der Waals surface area (Å²) in [5.41, 5.74) is 1.14. The quantitative estimate of drug-likeness (QED) is 0.728. The van der Waals surface area contributed by atoms with Crippen LogP contribution in [0.4, 0.5) is 21.0 Å². The Kier molecular flexibility index (Phi) is 7.60. The molecule has 0 saturated heterocycles. The SMILES string of the molecule is CNC(=O)Nc1cccc(OC(=O)N(CC(OC)OC)c2ccccc2)c1. The highest BCUT2D eigenvalue weighted by Crippen LogP contribution is 2.21. The van der Waals surface area contributed by atoms with E-state index in [1.54, 1.807) is 36.4 Å². The Morgan fingerprint density at radius 1 is 1.04 bits per heavy atom. The Balaban J connectivity index is 2.18. The summed E-state index contributed by atoms with van der Waals surface area (Å²) < 4.78 is 15.9. The minimum Gasteiger partial charge on any atom is -0.410 e. The maximum absolute atomic E-state index is 12.8. The third kappa shape index (κ3) is 5.98. The number of nitrogens with one attached hydrogen (secondary N) is 2. The Labute approximate surface area is 158 Å². The average molecular weight is 373 g/mol. The lowest BCUT2D eigenvalue weighted by Crippen LogP contribution is -2.40. The first-order valence-corrected chi connectivity index (χ1v) is 8.26. The number of amides is 3. The van der Waals surface area contributed by atoms with E-state index in [4.69, 9.17) is 14.2 Å². The van der Waals surface area contributed by atoms with Crippen molar-refractivity contribution in [3.05, 3.63) is 54.6 Å². The number of urea groups is 1. The number of benzene rings is 2. The minimum absolute atomic E-state index is 0.145. The lowest BCUT2D eigenvalue weighted by molar-refractivity contribution is -0.0943. The van der Waals surface area contributed by atoms with Gasteiger partial charge in [0, 0.05) is 38.7 Å². The molecular formula is C19H23N3O5. The standard InChI is InChI=1S/C19H23N3O5/c1-20-18(23)21-14-8-7-11-16(12-14)27-19(24)22(13-17(25-2)26-3)15-9-5-4-6-10-15/h4-12,17H,13H2,1-3H3,(H2,20,21,23). The molecule has 0 aromatic heterocycles. The van der Waals surface area contributed by atoms with Crippen molar-refractivity contribution in [1.29, 1.82) is 0 Å². The van der Waals surface area contributed by atoms with E-state index in [9.17, 15) is 9.59 Å². The van der Waals surface area contributed by atoms with Crippen molar-refractivity contribution in [1.82, 2.24) is 5.32 Å². The normalized spacial score (nSPS) is 10.4. The van der Waals surface area contributed by atoms with E-state index in [1.807, 2.05) is 18.2 Å². The highest BCUT2D eigenvalue weighted by atomic mass is 16.7. The minimum atomic E-state index is -0.612. The van der Waals surface area contributed by atoms with Crippen LogP contribution in [0.25, 0.3) is 0 Å². The molecule has 2 aromatic rings. The van der Waals surface area contributed by atoms with Crippen LogP contribution in [0.1, 0.15) is 0 Å². The predicted molar refractivity (Wildman–Crippen MR) is 102 cm³/mol. The fourth-order valence-electron chi connectivity index (χ4n) is 2.27. The zero-order chi connectivity index (χ0) is 19.6. The third-order valence-electron chi connectivity index (χ3n) is 3.67. The van der Waals surface area contributed by atoms with Crippen LogP contribution < -0.4 is 20.3 Å². The van der Waals surface area contributed by atoms with Gasteiger partial charge < -0.3 is 24.8 Å². The summed E-state index contributed by atoms with van der Waals surface area (Å²) in [6.07, 6.45) is -1.21. The van der Waals surface area contributed by atoms with Gasteiger partial charge in [0.05, 0.1) is 6.54 Å². The molecule has 8 heteroatoms. The van der Waals surface area contributed by atoms with Crippen LogP contribution in [0, 0.1) is 0 Å². The Hall–Kier alpha value is -3.10. The first-order chi connectivity index (χ1) is 13.1. The molecule has 0 aliphatic heterocycles. The molecule has 0 aliphatic carbocycles. The van der Waals surface area contributed by atoms with Crippen molar-refractivity contribution in [2.75, 3.05) is 38.0 Å². The number of ether oxygens (including phenoxy) is 3. The van der Waals surface area contributed by atoms with E-state index in [2.05, 4.69) is 10.6 Å². The Morgan fingerprint density at radius 2 is 1.74 bits per heavy atom. The maximum Gasteiger partial charge on any atom is 0.419 e. The molecule has 0 unspecified atom stereocenters. The Morgan fingerprint density at radius 3 is 2.37 bits per heavy atom.